The summed E-state index contributed by atoms with van der Waals surface area (Å²) in [6.45, 7) is 1.46. The first-order valence-electron chi connectivity index (χ1n) is 5.78. The van der Waals surface area contributed by atoms with E-state index in [9.17, 15) is 13.6 Å². The molecule has 0 radical (unpaired) electrons. The number of nitrogens with one attached hydrogen (secondary N) is 1. The molecule has 1 amide bonds. The number of hydrogen-bond donors (Lipinski definition) is 2. The van der Waals surface area contributed by atoms with E-state index in [-0.39, 0.29) is 12.6 Å². The third-order valence-electron chi connectivity index (χ3n) is 2.90. The van der Waals surface area contributed by atoms with E-state index in [2.05, 4.69) is 5.32 Å². The van der Waals surface area contributed by atoms with Crippen molar-refractivity contribution in [2.45, 2.75) is 12.5 Å². The van der Waals surface area contributed by atoms with E-state index in [0.29, 0.717) is 6.54 Å². The van der Waals surface area contributed by atoms with Gasteiger partial charge >= 0.3 is 0 Å². The summed E-state index contributed by atoms with van der Waals surface area (Å²) in [7, 11) is 0. The van der Waals surface area contributed by atoms with Crippen LogP contribution in [0.3, 0.4) is 0 Å². The molecule has 3 N–H and O–H groups in total. The van der Waals surface area contributed by atoms with E-state index in [0.717, 1.165) is 25.1 Å². The summed E-state index contributed by atoms with van der Waals surface area (Å²) < 4.78 is 26.6. The van der Waals surface area contributed by atoms with Gasteiger partial charge in [-0.3, -0.25) is 9.69 Å². The van der Waals surface area contributed by atoms with E-state index in [4.69, 9.17) is 5.73 Å². The number of carbonyl (C=O) groups excluding carboxylic acids is 1. The van der Waals surface area contributed by atoms with Gasteiger partial charge in [0.1, 0.15) is 17.3 Å². The highest BCUT2D eigenvalue weighted by molar-refractivity contribution is 5.92. The zero-order valence-electron chi connectivity index (χ0n) is 9.83. The number of nitrogens with zero attached hydrogens (tertiary/aromatic N) is 1. The molecule has 18 heavy (non-hydrogen) atoms. The molecule has 6 heteroatoms. The predicted molar refractivity (Wildman–Crippen MR) is 64.0 cm³/mol. The van der Waals surface area contributed by atoms with E-state index in [1.165, 1.54) is 6.07 Å². The average Bonchev–Trinajstić information content (AvgIpc) is 2.69. The summed E-state index contributed by atoms with van der Waals surface area (Å²) in [6.07, 6.45) is 0.835. The first kappa shape index (κ1) is 12.9. The monoisotopic (exact) mass is 255 g/mol. The van der Waals surface area contributed by atoms with Crippen LogP contribution in [0.1, 0.15) is 6.42 Å². The molecule has 1 aliphatic rings. The second kappa shape index (κ2) is 5.41. The highest BCUT2D eigenvalue weighted by Crippen LogP contribution is 2.18. The number of anilines is 1. The normalized spacial score (nSPS) is 20.1. The SMILES string of the molecule is N[C@H]1CCN(CC(=O)Nc2c(F)cccc2F)C1. The number of rotatable bonds is 3. The van der Waals surface area contributed by atoms with Gasteiger partial charge in [-0.05, 0) is 18.6 Å². The molecule has 1 aromatic rings. The van der Waals surface area contributed by atoms with Crippen molar-refractivity contribution in [3.63, 3.8) is 0 Å². The number of carbonyl (C=O) groups is 1. The molecule has 1 heterocycles. The number of nitrogens with two attached hydrogens (primary N) is 1. The molecule has 1 atom stereocenters. The molecule has 4 nitrogen and oxygen atoms in total. The molecule has 1 saturated heterocycles. The average molecular weight is 255 g/mol. The minimum Gasteiger partial charge on any atom is -0.326 e. The summed E-state index contributed by atoms with van der Waals surface area (Å²) in [6, 6.07) is 3.53. The van der Waals surface area contributed by atoms with Gasteiger partial charge in [0.05, 0.1) is 6.54 Å². The zero-order chi connectivity index (χ0) is 13.1. The molecule has 2 rings (SSSR count). The summed E-state index contributed by atoms with van der Waals surface area (Å²) >= 11 is 0. The van der Waals surface area contributed by atoms with Crippen LogP contribution in [0.15, 0.2) is 18.2 Å². The third-order valence-corrected chi connectivity index (χ3v) is 2.90. The maximum absolute atomic E-state index is 13.3. The van der Waals surface area contributed by atoms with Crippen molar-refractivity contribution in [2.75, 3.05) is 25.0 Å². The smallest absolute Gasteiger partial charge is 0.238 e. The molecular formula is C12H15F2N3O. The topological polar surface area (TPSA) is 58.4 Å². The van der Waals surface area contributed by atoms with Gasteiger partial charge in [-0.25, -0.2) is 8.78 Å². The molecule has 1 aromatic carbocycles. The Labute approximate surface area is 104 Å². The van der Waals surface area contributed by atoms with Crippen LogP contribution in [-0.2, 0) is 4.79 Å². The number of amides is 1. The van der Waals surface area contributed by atoms with Crippen LogP contribution >= 0.6 is 0 Å². The Balaban J connectivity index is 1.95. The maximum atomic E-state index is 13.3. The quantitative estimate of drug-likeness (QED) is 0.845. The van der Waals surface area contributed by atoms with Crippen molar-refractivity contribution < 1.29 is 13.6 Å². The molecule has 0 spiro atoms. The van der Waals surface area contributed by atoms with Crippen LogP contribution in [-0.4, -0.2) is 36.5 Å². The first-order chi connectivity index (χ1) is 8.56. The van der Waals surface area contributed by atoms with E-state index >= 15 is 0 Å². The fourth-order valence-corrected chi connectivity index (χ4v) is 2.01. The van der Waals surface area contributed by atoms with Gasteiger partial charge < -0.3 is 11.1 Å². The molecule has 0 aromatic heterocycles. The summed E-state index contributed by atoms with van der Waals surface area (Å²) in [5.41, 5.74) is 5.31. The van der Waals surface area contributed by atoms with Crippen molar-refractivity contribution in [1.29, 1.82) is 0 Å². The molecule has 0 aliphatic carbocycles. The van der Waals surface area contributed by atoms with Crippen molar-refractivity contribution in [3.8, 4) is 0 Å². The van der Waals surface area contributed by atoms with E-state index in [1.807, 2.05) is 4.90 Å². The Bertz CT molecular complexity index is 433. The Hall–Kier alpha value is -1.53. The minimum atomic E-state index is -0.776. The molecule has 0 bridgehead atoms. The number of benzene rings is 1. The largest absolute Gasteiger partial charge is 0.326 e. The molecule has 98 valence electrons. The van der Waals surface area contributed by atoms with Crippen molar-refractivity contribution in [3.05, 3.63) is 29.8 Å². The lowest BCUT2D eigenvalue weighted by molar-refractivity contribution is -0.117. The lowest BCUT2D eigenvalue weighted by atomic mass is 10.3. The van der Waals surface area contributed by atoms with E-state index < -0.39 is 23.2 Å². The van der Waals surface area contributed by atoms with Gasteiger partial charge in [0.2, 0.25) is 5.91 Å². The summed E-state index contributed by atoms with van der Waals surface area (Å²) in [4.78, 5) is 13.5. The maximum Gasteiger partial charge on any atom is 0.238 e. The predicted octanol–water partition coefficient (Wildman–Crippen LogP) is 0.936. The van der Waals surface area contributed by atoms with Crippen LogP contribution < -0.4 is 11.1 Å². The molecule has 1 aliphatic heterocycles. The van der Waals surface area contributed by atoms with Crippen LogP contribution in [0, 0.1) is 11.6 Å². The van der Waals surface area contributed by atoms with E-state index in [1.54, 1.807) is 0 Å². The molecular weight excluding hydrogens is 240 g/mol. The Morgan fingerprint density at radius 1 is 1.44 bits per heavy atom. The van der Waals surface area contributed by atoms with Crippen molar-refractivity contribution >= 4 is 11.6 Å². The lowest BCUT2D eigenvalue weighted by Crippen LogP contribution is -2.34. The number of halogens is 2. The fourth-order valence-electron chi connectivity index (χ4n) is 2.01. The van der Waals surface area contributed by atoms with Crippen LogP contribution in [0.2, 0.25) is 0 Å². The Morgan fingerprint density at radius 2 is 2.11 bits per heavy atom. The molecule has 0 saturated carbocycles. The minimum absolute atomic E-state index is 0.0722. The number of para-hydroxylation sites is 1. The highest BCUT2D eigenvalue weighted by atomic mass is 19.1. The van der Waals surface area contributed by atoms with Gasteiger partial charge in [0.25, 0.3) is 0 Å². The Morgan fingerprint density at radius 3 is 2.67 bits per heavy atom. The summed E-state index contributed by atoms with van der Waals surface area (Å²) in [5, 5.41) is 2.25. The van der Waals surface area contributed by atoms with Gasteiger partial charge in [-0.2, -0.15) is 0 Å². The van der Waals surface area contributed by atoms with Gasteiger partial charge in [0.15, 0.2) is 0 Å². The fraction of sp³-hybridized carbons (Fsp3) is 0.417. The summed E-state index contributed by atoms with van der Waals surface area (Å²) in [5.74, 6) is -1.99. The zero-order valence-corrected chi connectivity index (χ0v) is 9.83. The van der Waals surface area contributed by atoms with Crippen LogP contribution in [0.5, 0.6) is 0 Å². The highest BCUT2D eigenvalue weighted by Gasteiger charge is 2.21. The second-order valence-electron chi connectivity index (χ2n) is 4.43. The standard InChI is InChI=1S/C12H15F2N3O/c13-9-2-1-3-10(14)12(9)16-11(18)7-17-5-4-8(15)6-17/h1-3,8H,4-7,15H2,(H,16,18)/t8-/m0/s1. The number of hydrogen-bond acceptors (Lipinski definition) is 3. The molecule has 1 fully saturated rings. The third kappa shape index (κ3) is 3.02. The van der Waals surface area contributed by atoms with Gasteiger partial charge in [-0.1, -0.05) is 6.07 Å². The van der Waals surface area contributed by atoms with Gasteiger partial charge in [-0.15, -0.1) is 0 Å². The lowest BCUT2D eigenvalue weighted by Gasteiger charge is -2.15. The number of likely N-dealkylation sites (tertiary alicyclic amines) is 1. The molecule has 0 unspecified atom stereocenters. The van der Waals surface area contributed by atoms with Crippen LogP contribution in [0.4, 0.5) is 14.5 Å². The Kier molecular flexibility index (Phi) is 3.88. The van der Waals surface area contributed by atoms with Crippen LogP contribution in [0.25, 0.3) is 0 Å². The van der Waals surface area contributed by atoms with Crippen molar-refractivity contribution in [1.82, 2.24) is 4.90 Å². The second-order valence-corrected chi connectivity index (χ2v) is 4.43. The van der Waals surface area contributed by atoms with Gasteiger partial charge in [0, 0.05) is 19.1 Å². The van der Waals surface area contributed by atoms with Crippen molar-refractivity contribution in [2.24, 2.45) is 5.73 Å². The first-order valence-corrected chi connectivity index (χ1v) is 5.78.